The van der Waals surface area contributed by atoms with Gasteiger partial charge in [-0.2, -0.15) is 5.26 Å². The Hall–Kier alpha value is -3.40. The third kappa shape index (κ3) is 4.78. The van der Waals surface area contributed by atoms with E-state index in [1.54, 1.807) is 30.3 Å². The molecule has 1 heterocycles. The number of furan rings is 1. The SMILES string of the molecule is CCCCOC(=O)/C(C#N)=C/c1ccc(-c2cccc([N+](=O)[O-])c2)o1. The predicted molar refractivity (Wildman–Crippen MR) is 90.3 cm³/mol. The maximum atomic E-state index is 11.8. The minimum atomic E-state index is -0.704. The van der Waals surface area contributed by atoms with Crippen molar-refractivity contribution in [1.29, 1.82) is 5.26 Å². The number of hydrogen-bond donors (Lipinski definition) is 0. The molecule has 0 aliphatic heterocycles. The van der Waals surface area contributed by atoms with E-state index in [2.05, 4.69) is 0 Å². The van der Waals surface area contributed by atoms with E-state index < -0.39 is 10.9 Å². The highest BCUT2D eigenvalue weighted by Gasteiger charge is 2.13. The lowest BCUT2D eigenvalue weighted by atomic mass is 10.1. The van der Waals surface area contributed by atoms with Gasteiger partial charge in [0.05, 0.1) is 11.5 Å². The molecule has 2 rings (SSSR count). The van der Waals surface area contributed by atoms with Gasteiger partial charge in [-0.15, -0.1) is 0 Å². The van der Waals surface area contributed by atoms with E-state index in [0.29, 0.717) is 11.3 Å². The Labute approximate surface area is 144 Å². The number of nitriles is 1. The van der Waals surface area contributed by atoms with Gasteiger partial charge in [0.2, 0.25) is 0 Å². The van der Waals surface area contributed by atoms with Gasteiger partial charge >= 0.3 is 5.97 Å². The first-order valence-electron chi connectivity index (χ1n) is 7.68. The fourth-order valence-corrected chi connectivity index (χ4v) is 2.02. The number of benzene rings is 1. The molecule has 7 nitrogen and oxygen atoms in total. The molecule has 128 valence electrons. The van der Waals surface area contributed by atoms with E-state index in [9.17, 15) is 14.9 Å². The number of non-ortho nitro benzene ring substituents is 1. The van der Waals surface area contributed by atoms with E-state index in [-0.39, 0.29) is 23.6 Å². The number of nitro groups is 1. The smallest absolute Gasteiger partial charge is 0.349 e. The Morgan fingerprint density at radius 3 is 2.88 bits per heavy atom. The Balaban J connectivity index is 2.19. The monoisotopic (exact) mass is 340 g/mol. The summed E-state index contributed by atoms with van der Waals surface area (Å²) < 4.78 is 10.5. The first-order chi connectivity index (χ1) is 12.0. The van der Waals surface area contributed by atoms with Crippen LogP contribution < -0.4 is 0 Å². The average Bonchev–Trinajstić information content (AvgIpc) is 3.08. The van der Waals surface area contributed by atoms with Crippen molar-refractivity contribution in [2.24, 2.45) is 0 Å². The van der Waals surface area contributed by atoms with Gasteiger partial charge in [0.1, 0.15) is 23.2 Å². The number of esters is 1. The molecule has 0 bridgehead atoms. The lowest BCUT2D eigenvalue weighted by Gasteiger charge is -2.01. The van der Waals surface area contributed by atoms with Gasteiger partial charge in [-0.1, -0.05) is 25.5 Å². The molecular formula is C18H16N2O5. The van der Waals surface area contributed by atoms with Crippen molar-refractivity contribution >= 4 is 17.7 Å². The van der Waals surface area contributed by atoms with Crippen molar-refractivity contribution in [3.8, 4) is 17.4 Å². The molecule has 2 aromatic rings. The van der Waals surface area contributed by atoms with Crippen LogP contribution in [0.4, 0.5) is 5.69 Å². The summed E-state index contributed by atoms with van der Waals surface area (Å²) in [5.74, 6) is -0.0265. The molecule has 0 fully saturated rings. The Morgan fingerprint density at radius 1 is 1.40 bits per heavy atom. The first-order valence-corrected chi connectivity index (χ1v) is 7.68. The number of carbonyl (C=O) groups is 1. The van der Waals surface area contributed by atoms with Gasteiger partial charge in [-0.3, -0.25) is 10.1 Å². The molecule has 0 unspecified atom stereocenters. The minimum absolute atomic E-state index is 0.0526. The highest BCUT2D eigenvalue weighted by atomic mass is 16.6. The van der Waals surface area contributed by atoms with Crippen LogP contribution >= 0.6 is 0 Å². The summed E-state index contributed by atoms with van der Waals surface area (Å²) in [5, 5.41) is 19.9. The van der Waals surface area contributed by atoms with Gasteiger partial charge in [0.25, 0.3) is 5.69 Å². The van der Waals surface area contributed by atoms with E-state index in [1.807, 2.05) is 6.92 Å². The first kappa shape index (κ1) is 17.9. The van der Waals surface area contributed by atoms with Gasteiger partial charge in [0, 0.05) is 23.8 Å². The van der Waals surface area contributed by atoms with E-state index in [4.69, 9.17) is 14.4 Å². The molecule has 1 aromatic carbocycles. The van der Waals surface area contributed by atoms with Crippen LogP contribution in [0.25, 0.3) is 17.4 Å². The van der Waals surface area contributed by atoms with Crippen LogP contribution in [0.2, 0.25) is 0 Å². The molecule has 0 atom stereocenters. The minimum Gasteiger partial charge on any atom is -0.462 e. The second-order valence-electron chi connectivity index (χ2n) is 5.17. The van der Waals surface area contributed by atoms with Gasteiger partial charge in [-0.05, 0) is 18.6 Å². The molecule has 7 heteroatoms. The maximum absolute atomic E-state index is 11.8. The van der Waals surface area contributed by atoms with Crippen LogP contribution in [0, 0.1) is 21.4 Å². The third-order valence-electron chi connectivity index (χ3n) is 3.33. The summed E-state index contributed by atoms with van der Waals surface area (Å²) in [4.78, 5) is 22.2. The summed E-state index contributed by atoms with van der Waals surface area (Å²) in [6.07, 6.45) is 2.89. The third-order valence-corrected chi connectivity index (χ3v) is 3.33. The summed E-state index contributed by atoms with van der Waals surface area (Å²) in [5.41, 5.74) is 0.303. The Morgan fingerprint density at radius 2 is 2.20 bits per heavy atom. The van der Waals surface area contributed by atoms with Crippen molar-refractivity contribution in [3.05, 3.63) is 57.8 Å². The largest absolute Gasteiger partial charge is 0.462 e. The zero-order valence-electron chi connectivity index (χ0n) is 13.6. The normalized spacial score (nSPS) is 11.0. The molecule has 0 N–H and O–H groups in total. The fraction of sp³-hybridized carbons (Fsp3) is 0.222. The van der Waals surface area contributed by atoms with E-state index >= 15 is 0 Å². The molecule has 0 amide bonds. The predicted octanol–water partition coefficient (Wildman–Crippen LogP) is 4.11. The zero-order chi connectivity index (χ0) is 18.2. The zero-order valence-corrected chi connectivity index (χ0v) is 13.6. The van der Waals surface area contributed by atoms with Crippen molar-refractivity contribution in [1.82, 2.24) is 0 Å². The highest BCUT2D eigenvalue weighted by Crippen LogP contribution is 2.26. The van der Waals surface area contributed by atoms with Crippen LogP contribution in [0.15, 0.2) is 46.4 Å². The number of hydrogen-bond acceptors (Lipinski definition) is 6. The molecule has 1 aromatic heterocycles. The lowest BCUT2D eigenvalue weighted by Crippen LogP contribution is -2.07. The maximum Gasteiger partial charge on any atom is 0.349 e. The standard InChI is InChI=1S/C18H16N2O5/c1-2-3-9-24-18(21)14(12-19)11-16-7-8-17(25-16)13-5-4-6-15(10-13)20(22)23/h4-8,10-11H,2-3,9H2,1H3/b14-11+. The van der Waals surface area contributed by atoms with Crippen LogP contribution in [-0.4, -0.2) is 17.5 Å². The van der Waals surface area contributed by atoms with Gasteiger partial charge in [-0.25, -0.2) is 4.79 Å². The molecule has 25 heavy (non-hydrogen) atoms. The summed E-state index contributed by atoms with van der Waals surface area (Å²) in [7, 11) is 0. The molecule has 0 saturated carbocycles. The fourth-order valence-electron chi connectivity index (χ4n) is 2.02. The second kappa shape index (κ2) is 8.45. The number of carbonyl (C=O) groups excluding carboxylic acids is 1. The summed E-state index contributed by atoms with van der Waals surface area (Å²) >= 11 is 0. The number of unbranched alkanes of at least 4 members (excludes halogenated alkanes) is 1. The Kier molecular flexibility index (Phi) is 6.07. The average molecular weight is 340 g/mol. The van der Waals surface area contributed by atoms with Crippen molar-refractivity contribution < 1.29 is 18.9 Å². The van der Waals surface area contributed by atoms with E-state index in [0.717, 1.165) is 12.8 Å². The van der Waals surface area contributed by atoms with E-state index in [1.165, 1.54) is 18.2 Å². The molecule has 0 spiro atoms. The highest BCUT2D eigenvalue weighted by molar-refractivity contribution is 5.97. The Bertz CT molecular complexity index is 845. The molecular weight excluding hydrogens is 324 g/mol. The summed E-state index contributed by atoms with van der Waals surface area (Å²) in [6.45, 7) is 2.22. The number of rotatable bonds is 7. The topological polar surface area (TPSA) is 106 Å². The van der Waals surface area contributed by atoms with Crippen LogP contribution in [0.5, 0.6) is 0 Å². The quantitative estimate of drug-likeness (QED) is 0.187. The number of nitro benzene ring substituents is 1. The van der Waals surface area contributed by atoms with Crippen LogP contribution in [0.1, 0.15) is 25.5 Å². The van der Waals surface area contributed by atoms with Gasteiger partial charge in [0.15, 0.2) is 0 Å². The van der Waals surface area contributed by atoms with Crippen LogP contribution in [0.3, 0.4) is 0 Å². The lowest BCUT2D eigenvalue weighted by molar-refractivity contribution is -0.384. The second-order valence-corrected chi connectivity index (χ2v) is 5.17. The van der Waals surface area contributed by atoms with Crippen LogP contribution in [-0.2, 0) is 9.53 Å². The number of nitrogens with zero attached hydrogens (tertiary/aromatic N) is 2. The van der Waals surface area contributed by atoms with Crippen molar-refractivity contribution in [2.75, 3.05) is 6.61 Å². The molecule has 0 radical (unpaired) electrons. The molecule has 0 saturated heterocycles. The molecule has 0 aliphatic carbocycles. The van der Waals surface area contributed by atoms with Crippen molar-refractivity contribution in [2.45, 2.75) is 19.8 Å². The number of ether oxygens (including phenoxy) is 1. The van der Waals surface area contributed by atoms with Gasteiger partial charge < -0.3 is 9.15 Å². The summed E-state index contributed by atoms with van der Waals surface area (Å²) in [6, 6.07) is 11.0. The van der Waals surface area contributed by atoms with Crippen molar-refractivity contribution in [3.63, 3.8) is 0 Å². The molecule has 0 aliphatic rings.